The van der Waals surface area contributed by atoms with Crippen LogP contribution in [0.4, 0.5) is 10.8 Å². The number of anilines is 1. The Kier molecular flexibility index (Phi) is 5.73. The number of thiazole rings is 1. The van der Waals surface area contributed by atoms with Crippen LogP contribution in [0.15, 0.2) is 46.9 Å². The lowest BCUT2D eigenvalue weighted by molar-refractivity contribution is -0.384. The number of rotatable bonds is 5. The van der Waals surface area contributed by atoms with Crippen LogP contribution in [0.5, 0.6) is 0 Å². The Morgan fingerprint density at radius 2 is 1.92 bits per heavy atom. The van der Waals surface area contributed by atoms with E-state index >= 15 is 0 Å². The number of nitrogens with zero attached hydrogens (tertiary/aromatic N) is 3. The van der Waals surface area contributed by atoms with Gasteiger partial charge in [0.25, 0.3) is 5.69 Å². The average Bonchev–Trinajstić information content (AvgIpc) is 3.08. The molecule has 0 aliphatic heterocycles. The number of hydrazone groups is 1. The van der Waals surface area contributed by atoms with Crippen LogP contribution in [-0.4, -0.2) is 16.1 Å². The summed E-state index contributed by atoms with van der Waals surface area (Å²) in [5.74, 6) is 0. The fourth-order valence-corrected chi connectivity index (χ4v) is 3.37. The van der Waals surface area contributed by atoms with Gasteiger partial charge in [0, 0.05) is 33.7 Å². The second-order valence-corrected chi connectivity index (χ2v) is 7.08. The molecule has 0 aliphatic carbocycles. The summed E-state index contributed by atoms with van der Waals surface area (Å²) in [4.78, 5) is 14.6. The second kappa shape index (κ2) is 8.01. The van der Waals surface area contributed by atoms with Gasteiger partial charge < -0.3 is 0 Å². The first-order chi connectivity index (χ1) is 12.4. The first-order valence-corrected chi connectivity index (χ1v) is 9.09. The molecule has 0 spiro atoms. The van der Waals surface area contributed by atoms with Crippen LogP contribution in [-0.2, 0) is 0 Å². The van der Waals surface area contributed by atoms with E-state index < -0.39 is 4.92 Å². The molecule has 0 atom stereocenters. The van der Waals surface area contributed by atoms with Crippen LogP contribution in [0.3, 0.4) is 0 Å². The smallest absolute Gasteiger partial charge is 0.258 e. The number of aromatic nitrogens is 1. The Morgan fingerprint density at radius 3 is 2.62 bits per heavy atom. The molecule has 0 bridgehead atoms. The molecule has 0 amide bonds. The number of benzene rings is 2. The van der Waals surface area contributed by atoms with Crippen molar-refractivity contribution in [2.24, 2.45) is 5.10 Å². The molecule has 3 rings (SSSR count). The van der Waals surface area contributed by atoms with E-state index in [2.05, 4.69) is 15.5 Å². The lowest BCUT2D eigenvalue weighted by Gasteiger charge is -2.01. The summed E-state index contributed by atoms with van der Waals surface area (Å²) in [6.07, 6.45) is 1.49. The lowest BCUT2D eigenvalue weighted by Crippen LogP contribution is -1.92. The van der Waals surface area contributed by atoms with Crippen molar-refractivity contribution in [2.45, 2.75) is 0 Å². The topological polar surface area (TPSA) is 80.4 Å². The molecular weight excluding hydrogens is 419 g/mol. The minimum absolute atomic E-state index is 0.0315. The Labute approximate surface area is 167 Å². The van der Waals surface area contributed by atoms with E-state index in [1.807, 2.05) is 5.38 Å². The highest BCUT2D eigenvalue weighted by Crippen LogP contribution is 2.29. The summed E-state index contributed by atoms with van der Waals surface area (Å²) in [7, 11) is 0. The van der Waals surface area contributed by atoms with E-state index in [1.54, 1.807) is 24.3 Å². The van der Waals surface area contributed by atoms with Crippen LogP contribution in [0.2, 0.25) is 15.1 Å². The highest BCUT2D eigenvalue weighted by Gasteiger charge is 2.08. The molecule has 0 radical (unpaired) electrons. The summed E-state index contributed by atoms with van der Waals surface area (Å²) < 4.78 is 0. The molecule has 6 nitrogen and oxygen atoms in total. The molecule has 1 N–H and O–H groups in total. The third-order valence-corrected chi connectivity index (χ3v) is 5.04. The van der Waals surface area contributed by atoms with Crippen molar-refractivity contribution in [1.29, 1.82) is 0 Å². The van der Waals surface area contributed by atoms with Crippen molar-refractivity contribution in [2.75, 3.05) is 5.43 Å². The Balaban J connectivity index is 1.72. The van der Waals surface area contributed by atoms with E-state index in [1.165, 1.54) is 29.7 Å². The number of halogens is 3. The van der Waals surface area contributed by atoms with Crippen LogP contribution < -0.4 is 5.43 Å². The van der Waals surface area contributed by atoms with E-state index in [0.717, 1.165) is 5.56 Å². The summed E-state index contributed by atoms with van der Waals surface area (Å²) in [6.45, 7) is 0. The standard InChI is InChI=1S/C16H9Cl3N4O2S/c17-11-5-10(15(19)13(18)6-11)7-20-22-16-21-14(8-26-16)9-1-3-12(4-2-9)23(24)25/h1-8H,(H,21,22)/b20-7+. The van der Waals surface area contributed by atoms with Gasteiger partial charge in [-0.3, -0.25) is 15.5 Å². The van der Waals surface area contributed by atoms with E-state index in [0.29, 0.717) is 31.5 Å². The summed E-state index contributed by atoms with van der Waals surface area (Å²) in [6, 6.07) is 9.36. The van der Waals surface area contributed by atoms with E-state index in [9.17, 15) is 10.1 Å². The minimum atomic E-state index is -0.445. The number of nitro benzene ring substituents is 1. The molecule has 3 aromatic rings. The summed E-state index contributed by atoms with van der Waals surface area (Å²) in [5.41, 5.74) is 4.87. The van der Waals surface area contributed by atoms with Gasteiger partial charge in [-0.15, -0.1) is 11.3 Å². The van der Waals surface area contributed by atoms with Crippen molar-refractivity contribution in [3.8, 4) is 11.3 Å². The zero-order valence-electron chi connectivity index (χ0n) is 12.8. The van der Waals surface area contributed by atoms with Gasteiger partial charge in [-0.25, -0.2) is 4.98 Å². The van der Waals surface area contributed by atoms with Crippen LogP contribution in [0.25, 0.3) is 11.3 Å². The molecule has 0 saturated carbocycles. The maximum absolute atomic E-state index is 10.7. The zero-order valence-corrected chi connectivity index (χ0v) is 15.9. The van der Waals surface area contributed by atoms with Gasteiger partial charge in [0.05, 0.1) is 26.9 Å². The highest BCUT2D eigenvalue weighted by molar-refractivity contribution is 7.14. The summed E-state index contributed by atoms with van der Waals surface area (Å²) >= 11 is 19.3. The lowest BCUT2D eigenvalue weighted by atomic mass is 10.1. The maximum Gasteiger partial charge on any atom is 0.269 e. The molecule has 0 saturated heterocycles. The molecule has 0 fully saturated rings. The zero-order chi connectivity index (χ0) is 18.7. The van der Waals surface area contributed by atoms with Crippen LogP contribution in [0.1, 0.15) is 5.56 Å². The number of non-ortho nitro benzene ring substituents is 1. The SMILES string of the molecule is O=[N+]([O-])c1ccc(-c2csc(N/N=C/c3cc(Cl)cc(Cl)c3Cl)n2)cc1. The molecule has 132 valence electrons. The number of nitro groups is 1. The van der Waals surface area contributed by atoms with Gasteiger partial charge in [-0.05, 0) is 24.3 Å². The fraction of sp³-hybridized carbons (Fsp3) is 0. The number of nitrogens with one attached hydrogen (secondary N) is 1. The molecular formula is C16H9Cl3N4O2S. The molecule has 1 aromatic heterocycles. The largest absolute Gasteiger partial charge is 0.269 e. The van der Waals surface area contributed by atoms with Crippen LogP contribution >= 0.6 is 46.1 Å². The van der Waals surface area contributed by atoms with Gasteiger partial charge in [0.2, 0.25) is 5.13 Å². The first-order valence-electron chi connectivity index (χ1n) is 7.08. The van der Waals surface area contributed by atoms with E-state index in [-0.39, 0.29) is 5.69 Å². The maximum atomic E-state index is 10.7. The third kappa shape index (κ3) is 4.31. The highest BCUT2D eigenvalue weighted by atomic mass is 35.5. The first kappa shape index (κ1) is 18.6. The van der Waals surface area contributed by atoms with Gasteiger partial charge in [-0.1, -0.05) is 34.8 Å². The molecule has 2 aromatic carbocycles. The average molecular weight is 428 g/mol. The molecule has 1 heterocycles. The fourth-order valence-electron chi connectivity index (χ4n) is 2.04. The molecule has 10 heteroatoms. The Morgan fingerprint density at radius 1 is 1.19 bits per heavy atom. The van der Waals surface area contributed by atoms with Gasteiger partial charge >= 0.3 is 0 Å². The number of hydrogen-bond acceptors (Lipinski definition) is 6. The van der Waals surface area contributed by atoms with Gasteiger partial charge in [-0.2, -0.15) is 5.10 Å². The van der Waals surface area contributed by atoms with Crippen molar-refractivity contribution in [3.05, 3.63) is 72.5 Å². The minimum Gasteiger partial charge on any atom is -0.258 e. The van der Waals surface area contributed by atoms with Crippen molar-refractivity contribution in [3.63, 3.8) is 0 Å². The van der Waals surface area contributed by atoms with E-state index in [4.69, 9.17) is 34.8 Å². The normalized spacial score (nSPS) is 11.0. The molecule has 26 heavy (non-hydrogen) atoms. The van der Waals surface area contributed by atoms with Gasteiger partial charge in [0.1, 0.15) is 0 Å². The molecule has 0 aliphatic rings. The summed E-state index contributed by atoms with van der Waals surface area (Å²) in [5, 5.41) is 18.3. The molecule has 0 unspecified atom stereocenters. The predicted molar refractivity (Wildman–Crippen MR) is 107 cm³/mol. The second-order valence-electron chi connectivity index (χ2n) is 5.00. The van der Waals surface area contributed by atoms with Crippen molar-refractivity contribution >= 4 is 63.2 Å². The third-order valence-electron chi connectivity index (χ3n) is 3.26. The quantitative estimate of drug-likeness (QED) is 0.230. The number of hydrogen-bond donors (Lipinski definition) is 1. The van der Waals surface area contributed by atoms with Crippen molar-refractivity contribution in [1.82, 2.24) is 4.98 Å². The van der Waals surface area contributed by atoms with Crippen LogP contribution in [0, 0.1) is 10.1 Å². The van der Waals surface area contributed by atoms with Crippen molar-refractivity contribution < 1.29 is 4.92 Å². The Hall–Kier alpha value is -2.19. The monoisotopic (exact) mass is 426 g/mol. The van der Waals surface area contributed by atoms with Gasteiger partial charge in [0.15, 0.2) is 0 Å². The Bertz CT molecular complexity index is 990. The predicted octanol–water partition coefficient (Wildman–Crippen LogP) is 6.12.